The molecule has 108 valence electrons. The Morgan fingerprint density at radius 1 is 1.14 bits per heavy atom. The largest absolute Gasteiger partial charge is 0.495 e. The van der Waals surface area contributed by atoms with Gasteiger partial charge in [-0.2, -0.15) is 0 Å². The fraction of sp³-hybridized carbons (Fsp3) is 0.176. The van der Waals surface area contributed by atoms with E-state index in [2.05, 4.69) is 42.6 Å². The molecule has 1 atom stereocenters. The van der Waals surface area contributed by atoms with Crippen molar-refractivity contribution in [2.45, 2.75) is 13.0 Å². The van der Waals surface area contributed by atoms with Gasteiger partial charge in [-0.05, 0) is 36.6 Å². The summed E-state index contributed by atoms with van der Waals surface area (Å²) >= 11 is 7.87. The summed E-state index contributed by atoms with van der Waals surface area (Å²) in [6, 6.07) is 16.7. The first kappa shape index (κ1) is 14.2. The van der Waals surface area contributed by atoms with Gasteiger partial charge in [0.1, 0.15) is 5.75 Å². The van der Waals surface area contributed by atoms with Gasteiger partial charge in [-0.25, -0.2) is 0 Å². The van der Waals surface area contributed by atoms with E-state index in [0.717, 1.165) is 5.69 Å². The smallest absolute Gasteiger partial charge is 0.139 e. The zero-order valence-corrected chi connectivity index (χ0v) is 13.5. The number of anilines is 1. The third-order valence-electron chi connectivity index (χ3n) is 3.41. The molecule has 2 aromatic carbocycles. The first-order chi connectivity index (χ1) is 10.2. The first-order valence-corrected chi connectivity index (χ1v) is 7.95. The Labute approximate surface area is 133 Å². The number of fused-ring (bicyclic) bond motifs is 1. The molecule has 0 aliphatic rings. The van der Waals surface area contributed by atoms with Crippen molar-refractivity contribution in [1.82, 2.24) is 0 Å². The minimum absolute atomic E-state index is 0.230. The van der Waals surface area contributed by atoms with Crippen molar-refractivity contribution >= 4 is 38.7 Å². The van der Waals surface area contributed by atoms with E-state index in [0.29, 0.717) is 10.8 Å². The zero-order valence-electron chi connectivity index (χ0n) is 11.9. The quantitative estimate of drug-likeness (QED) is 0.663. The highest BCUT2D eigenvalue weighted by molar-refractivity contribution is 7.19. The van der Waals surface area contributed by atoms with Crippen LogP contribution < -0.4 is 10.1 Å². The summed E-state index contributed by atoms with van der Waals surface area (Å²) in [6.07, 6.45) is 0. The van der Waals surface area contributed by atoms with Crippen LogP contribution in [0.4, 0.5) is 5.69 Å². The Balaban J connectivity index is 1.83. The minimum atomic E-state index is 0.230. The second-order valence-corrected chi connectivity index (χ2v) is 6.42. The SMILES string of the molecule is COc1cc(NC(C)c2cc3ccccc3s2)ccc1Cl. The van der Waals surface area contributed by atoms with Gasteiger partial charge < -0.3 is 10.1 Å². The van der Waals surface area contributed by atoms with E-state index in [-0.39, 0.29) is 6.04 Å². The van der Waals surface area contributed by atoms with Gasteiger partial charge in [0.25, 0.3) is 0 Å². The van der Waals surface area contributed by atoms with E-state index in [1.54, 1.807) is 7.11 Å². The molecule has 0 radical (unpaired) electrons. The van der Waals surface area contributed by atoms with Crippen LogP contribution in [0.15, 0.2) is 48.5 Å². The number of methoxy groups -OCH3 is 1. The molecule has 0 bridgehead atoms. The van der Waals surface area contributed by atoms with E-state index in [1.165, 1.54) is 15.0 Å². The number of thiophene rings is 1. The maximum Gasteiger partial charge on any atom is 0.139 e. The molecule has 0 aliphatic carbocycles. The third kappa shape index (κ3) is 2.99. The monoisotopic (exact) mass is 317 g/mol. The van der Waals surface area contributed by atoms with Crippen molar-refractivity contribution < 1.29 is 4.74 Å². The van der Waals surface area contributed by atoms with Crippen molar-refractivity contribution in [1.29, 1.82) is 0 Å². The lowest BCUT2D eigenvalue weighted by Crippen LogP contribution is -2.04. The average molecular weight is 318 g/mol. The van der Waals surface area contributed by atoms with E-state index < -0.39 is 0 Å². The molecule has 2 nitrogen and oxygen atoms in total. The van der Waals surface area contributed by atoms with Crippen molar-refractivity contribution in [3.8, 4) is 5.75 Å². The van der Waals surface area contributed by atoms with Crippen molar-refractivity contribution in [3.05, 3.63) is 58.4 Å². The molecular weight excluding hydrogens is 302 g/mol. The van der Waals surface area contributed by atoms with Crippen LogP contribution in [0.5, 0.6) is 5.75 Å². The minimum Gasteiger partial charge on any atom is -0.495 e. The summed E-state index contributed by atoms with van der Waals surface area (Å²) in [6.45, 7) is 2.16. The Morgan fingerprint density at radius 3 is 2.71 bits per heavy atom. The predicted octanol–water partition coefficient (Wildman–Crippen LogP) is 5.74. The molecule has 1 aromatic heterocycles. The van der Waals surface area contributed by atoms with Crippen LogP contribution in [-0.2, 0) is 0 Å². The van der Waals surface area contributed by atoms with Crippen molar-refractivity contribution in [2.75, 3.05) is 12.4 Å². The molecule has 0 aliphatic heterocycles. The van der Waals surface area contributed by atoms with Gasteiger partial charge in [0.05, 0.1) is 18.2 Å². The summed E-state index contributed by atoms with van der Waals surface area (Å²) < 4.78 is 6.57. The molecule has 0 saturated carbocycles. The van der Waals surface area contributed by atoms with E-state index in [9.17, 15) is 0 Å². The molecule has 0 amide bonds. The van der Waals surface area contributed by atoms with Gasteiger partial charge in [0, 0.05) is 21.3 Å². The van der Waals surface area contributed by atoms with Gasteiger partial charge in [0.15, 0.2) is 0 Å². The number of rotatable bonds is 4. The fourth-order valence-corrected chi connectivity index (χ4v) is 3.55. The highest BCUT2D eigenvalue weighted by Gasteiger charge is 2.10. The van der Waals surface area contributed by atoms with Gasteiger partial charge >= 0.3 is 0 Å². The average Bonchev–Trinajstić information content (AvgIpc) is 2.93. The molecule has 0 saturated heterocycles. The Kier molecular flexibility index (Phi) is 4.04. The summed E-state index contributed by atoms with van der Waals surface area (Å²) in [7, 11) is 1.63. The van der Waals surface area contributed by atoms with Crippen LogP contribution in [-0.4, -0.2) is 7.11 Å². The zero-order chi connectivity index (χ0) is 14.8. The van der Waals surface area contributed by atoms with Gasteiger partial charge in [-0.15, -0.1) is 11.3 Å². The molecule has 1 heterocycles. The van der Waals surface area contributed by atoms with Crippen LogP contribution >= 0.6 is 22.9 Å². The summed E-state index contributed by atoms with van der Waals surface area (Å²) in [5.74, 6) is 0.685. The highest BCUT2D eigenvalue weighted by atomic mass is 35.5. The Morgan fingerprint density at radius 2 is 1.95 bits per heavy atom. The third-order valence-corrected chi connectivity index (χ3v) is 5.02. The van der Waals surface area contributed by atoms with Crippen LogP contribution in [0, 0.1) is 0 Å². The Bertz CT molecular complexity index is 735. The number of ether oxygens (including phenoxy) is 1. The molecule has 21 heavy (non-hydrogen) atoms. The lowest BCUT2D eigenvalue weighted by Gasteiger charge is -2.15. The number of hydrogen-bond acceptors (Lipinski definition) is 3. The molecule has 1 unspecified atom stereocenters. The molecule has 4 heteroatoms. The summed E-state index contributed by atoms with van der Waals surface area (Å²) in [4.78, 5) is 1.31. The highest BCUT2D eigenvalue weighted by Crippen LogP contribution is 2.33. The topological polar surface area (TPSA) is 21.3 Å². The molecule has 0 fully saturated rings. The second-order valence-electron chi connectivity index (χ2n) is 4.90. The maximum atomic E-state index is 6.05. The number of hydrogen-bond donors (Lipinski definition) is 1. The lowest BCUT2D eigenvalue weighted by molar-refractivity contribution is 0.415. The van der Waals surface area contributed by atoms with Crippen LogP contribution in [0.2, 0.25) is 5.02 Å². The number of benzene rings is 2. The van der Waals surface area contributed by atoms with Crippen LogP contribution in [0.25, 0.3) is 10.1 Å². The standard InChI is InChI=1S/C17H16ClNOS/c1-11(17-9-12-5-3-4-6-16(12)21-17)19-13-7-8-14(18)15(10-13)20-2/h3-11,19H,1-2H3. The van der Waals surface area contributed by atoms with Crippen molar-refractivity contribution in [3.63, 3.8) is 0 Å². The second kappa shape index (κ2) is 5.96. The van der Waals surface area contributed by atoms with E-state index in [4.69, 9.17) is 16.3 Å². The number of halogens is 1. The predicted molar refractivity (Wildman–Crippen MR) is 91.9 cm³/mol. The normalized spacial score (nSPS) is 12.3. The summed E-state index contributed by atoms with van der Waals surface area (Å²) in [5, 5.41) is 5.41. The molecule has 3 aromatic rings. The fourth-order valence-electron chi connectivity index (χ4n) is 2.29. The molecular formula is C17H16ClNOS. The Hall–Kier alpha value is -1.71. The van der Waals surface area contributed by atoms with Crippen LogP contribution in [0.3, 0.4) is 0 Å². The number of nitrogens with one attached hydrogen (secondary N) is 1. The lowest BCUT2D eigenvalue weighted by atomic mass is 10.2. The van der Waals surface area contributed by atoms with Gasteiger partial charge in [-0.1, -0.05) is 29.8 Å². The van der Waals surface area contributed by atoms with E-state index >= 15 is 0 Å². The van der Waals surface area contributed by atoms with Gasteiger partial charge in [-0.3, -0.25) is 0 Å². The molecule has 3 rings (SSSR count). The summed E-state index contributed by atoms with van der Waals surface area (Å²) in [5.41, 5.74) is 1.00. The van der Waals surface area contributed by atoms with E-state index in [1.807, 2.05) is 29.5 Å². The maximum absolute atomic E-state index is 6.05. The van der Waals surface area contributed by atoms with Crippen LogP contribution in [0.1, 0.15) is 17.8 Å². The van der Waals surface area contributed by atoms with Crippen molar-refractivity contribution in [2.24, 2.45) is 0 Å². The first-order valence-electron chi connectivity index (χ1n) is 6.76. The van der Waals surface area contributed by atoms with Gasteiger partial charge in [0.2, 0.25) is 0 Å². The molecule has 0 spiro atoms. The molecule has 1 N–H and O–H groups in total.